The highest BCUT2D eigenvalue weighted by molar-refractivity contribution is 14.1. The van der Waals surface area contributed by atoms with E-state index in [0.29, 0.717) is 6.07 Å². The molecule has 0 aliphatic heterocycles. The minimum atomic E-state index is -4.78. The Labute approximate surface area is 130 Å². The molecule has 0 fully saturated rings. The topological polar surface area (TPSA) is 83.4 Å². The number of nitrogens with one attached hydrogen (secondary N) is 1. The average Bonchev–Trinajstić information content (AvgIpc) is 2.40. The molecule has 4 nitrogen and oxygen atoms in total. The van der Waals surface area contributed by atoms with Crippen LogP contribution < -0.4 is 5.32 Å². The Hall–Kier alpha value is -2.32. The minimum absolute atomic E-state index is 0.318. The van der Waals surface area contributed by atoms with E-state index in [1.807, 2.05) is 0 Å². The van der Waals surface area contributed by atoms with Crippen molar-refractivity contribution in [3.63, 3.8) is 0 Å². The second-order valence-corrected chi connectivity index (χ2v) is 4.60. The fourth-order valence-corrected chi connectivity index (χ4v) is 2.06. The molecule has 0 aliphatic rings. The summed E-state index contributed by atoms with van der Waals surface area (Å²) in [6, 6.07) is 5.36. The zero-order valence-electron chi connectivity index (χ0n) is 9.89. The van der Waals surface area contributed by atoms with Gasteiger partial charge in [0, 0.05) is 3.57 Å². The third kappa shape index (κ3) is 3.83. The van der Waals surface area contributed by atoms with E-state index in [2.05, 4.69) is 5.32 Å². The quantitative estimate of drug-likeness (QED) is 0.462. The van der Waals surface area contributed by atoms with Crippen molar-refractivity contribution in [1.82, 2.24) is 0 Å². The zero-order valence-corrected chi connectivity index (χ0v) is 12.0. The molecular formula is C12H3F4IN4. The number of halogens is 5. The van der Waals surface area contributed by atoms with Crippen LogP contribution in [-0.4, -0.2) is 0 Å². The molecule has 1 aromatic carbocycles. The van der Waals surface area contributed by atoms with Gasteiger partial charge in [0.2, 0.25) is 0 Å². The minimum Gasteiger partial charge on any atom is -0.344 e. The maximum atomic E-state index is 13.3. The van der Waals surface area contributed by atoms with E-state index in [1.165, 1.54) is 40.8 Å². The SMILES string of the molecule is N#CC(C#N)=C(C#N)Nc1cc(F)cc(C(F)(F)F)c1I. The van der Waals surface area contributed by atoms with Crippen molar-refractivity contribution in [3.05, 3.63) is 38.4 Å². The highest BCUT2D eigenvalue weighted by Crippen LogP contribution is 2.37. The lowest BCUT2D eigenvalue weighted by Gasteiger charge is -2.14. The predicted molar refractivity (Wildman–Crippen MR) is 71.6 cm³/mol. The van der Waals surface area contributed by atoms with Crippen molar-refractivity contribution in [1.29, 1.82) is 15.8 Å². The summed E-state index contributed by atoms with van der Waals surface area (Å²) in [6.45, 7) is 0. The van der Waals surface area contributed by atoms with Crippen LogP contribution in [0.5, 0.6) is 0 Å². The lowest BCUT2D eigenvalue weighted by Crippen LogP contribution is -2.11. The summed E-state index contributed by atoms with van der Waals surface area (Å²) < 4.78 is 51.1. The first-order valence-electron chi connectivity index (χ1n) is 5.02. The number of anilines is 1. The van der Waals surface area contributed by atoms with Gasteiger partial charge in [-0.3, -0.25) is 0 Å². The van der Waals surface area contributed by atoms with E-state index in [0.717, 1.165) is 6.07 Å². The molecule has 0 saturated carbocycles. The molecule has 0 aromatic heterocycles. The summed E-state index contributed by atoms with van der Waals surface area (Å²) in [5.41, 5.74) is -2.76. The van der Waals surface area contributed by atoms with Crippen molar-refractivity contribution < 1.29 is 17.6 Å². The molecule has 9 heteroatoms. The van der Waals surface area contributed by atoms with E-state index < -0.39 is 28.8 Å². The number of allylic oxidation sites excluding steroid dienone is 2. The van der Waals surface area contributed by atoms with Gasteiger partial charge in [-0.1, -0.05) is 0 Å². The molecule has 0 unspecified atom stereocenters. The average molecular weight is 406 g/mol. The third-order valence-corrected chi connectivity index (χ3v) is 3.35. The number of rotatable bonds is 2. The molecule has 0 heterocycles. The van der Waals surface area contributed by atoms with E-state index in [-0.39, 0.29) is 9.26 Å². The van der Waals surface area contributed by atoms with Gasteiger partial charge in [-0.2, -0.15) is 29.0 Å². The fraction of sp³-hybridized carbons (Fsp3) is 0.0833. The summed E-state index contributed by atoms with van der Waals surface area (Å²) in [5.74, 6) is -1.17. The number of alkyl halides is 3. The number of nitriles is 3. The van der Waals surface area contributed by atoms with Crippen LogP contribution in [0.25, 0.3) is 0 Å². The lowest BCUT2D eigenvalue weighted by molar-refractivity contribution is -0.138. The first-order valence-corrected chi connectivity index (χ1v) is 6.10. The van der Waals surface area contributed by atoms with E-state index in [9.17, 15) is 17.6 Å². The summed E-state index contributed by atoms with van der Waals surface area (Å²) >= 11 is 1.33. The maximum Gasteiger partial charge on any atom is 0.417 e. The number of benzene rings is 1. The summed E-state index contributed by atoms with van der Waals surface area (Å²) in [6.07, 6.45) is -4.78. The smallest absolute Gasteiger partial charge is 0.344 e. The molecule has 21 heavy (non-hydrogen) atoms. The Kier molecular flexibility index (Phi) is 5.12. The Morgan fingerprint density at radius 1 is 1.10 bits per heavy atom. The monoisotopic (exact) mass is 406 g/mol. The van der Waals surface area contributed by atoms with Crippen LogP contribution in [0.4, 0.5) is 23.2 Å². The van der Waals surface area contributed by atoms with Crippen LogP contribution >= 0.6 is 22.6 Å². The molecule has 106 valence electrons. The zero-order chi connectivity index (χ0) is 16.2. The Balaban J connectivity index is 3.45. The van der Waals surface area contributed by atoms with Gasteiger partial charge in [0.25, 0.3) is 0 Å². The van der Waals surface area contributed by atoms with Gasteiger partial charge in [0.05, 0.1) is 11.3 Å². The Bertz CT molecular complexity index is 716. The molecule has 0 atom stereocenters. The lowest BCUT2D eigenvalue weighted by atomic mass is 10.1. The summed E-state index contributed by atoms with van der Waals surface area (Å²) in [4.78, 5) is 0. The molecule has 0 radical (unpaired) electrons. The molecule has 0 amide bonds. The van der Waals surface area contributed by atoms with Gasteiger partial charge in [-0.25, -0.2) is 4.39 Å². The van der Waals surface area contributed by atoms with E-state index in [4.69, 9.17) is 15.8 Å². The van der Waals surface area contributed by atoms with Crippen molar-refractivity contribution >= 4 is 28.3 Å². The molecule has 1 rings (SSSR count). The van der Waals surface area contributed by atoms with Crippen LogP contribution in [0.3, 0.4) is 0 Å². The summed E-state index contributed by atoms with van der Waals surface area (Å²) in [5, 5.41) is 28.3. The van der Waals surface area contributed by atoms with Gasteiger partial charge in [0.15, 0.2) is 5.57 Å². The van der Waals surface area contributed by atoms with Crippen molar-refractivity contribution in [2.45, 2.75) is 6.18 Å². The van der Waals surface area contributed by atoms with E-state index in [1.54, 1.807) is 0 Å². The highest BCUT2D eigenvalue weighted by Gasteiger charge is 2.34. The largest absolute Gasteiger partial charge is 0.417 e. The predicted octanol–water partition coefficient (Wildman–Crippen LogP) is 3.69. The third-order valence-electron chi connectivity index (χ3n) is 2.19. The Morgan fingerprint density at radius 3 is 2.10 bits per heavy atom. The number of hydrogen-bond donors (Lipinski definition) is 1. The van der Waals surface area contributed by atoms with Gasteiger partial charge >= 0.3 is 6.18 Å². The van der Waals surface area contributed by atoms with Crippen molar-refractivity contribution in [2.75, 3.05) is 5.32 Å². The second-order valence-electron chi connectivity index (χ2n) is 3.52. The molecule has 0 bridgehead atoms. The van der Waals surface area contributed by atoms with Crippen LogP contribution in [-0.2, 0) is 6.18 Å². The molecule has 0 spiro atoms. The first kappa shape index (κ1) is 16.7. The fourth-order valence-electron chi connectivity index (χ4n) is 1.30. The van der Waals surface area contributed by atoms with Crippen LogP contribution in [0.2, 0.25) is 0 Å². The first-order chi connectivity index (χ1) is 9.74. The second kappa shape index (κ2) is 6.42. The number of hydrogen-bond acceptors (Lipinski definition) is 4. The van der Waals surface area contributed by atoms with E-state index >= 15 is 0 Å². The summed E-state index contributed by atoms with van der Waals surface area (Å²) in [7, 11) is 0. The van der Waals surface area contributed by atoms with Crippen LogP contribution in [0.1, 0.15) is 5.56 Å². The van der Waals surface area contributed by atoms with Gasteiger partial charge in [-0.05, 0) is 34.7 Å². The van der Waals surface area contributed by atoms with Crippen LogP contribution in [0.15, 0.2) is 23.4 Å². The maximum absolute atomic E-state index is 13.3. The highest BCUT2D eigenvalue weighted by atomic mass is 127. The Morgan fingerprint density at radius 2 is 1.67 bits per heavy atom. The van der Waals surface area contributed by atoms with Crippen molar-refractivity contribution in [2.24, 2.45) is 0 Å². The number of nitrogens with zero attached hydrogens (tertiary/aromatic N) is 3. The van der Waals surface area contributed by atoms with Gasteiger partial charge in [-0.15, -0.1) is 0 Å². The molecule has 1 N–H and O–H groups in total. The van der Waals surface area contributed by atoms with Crippen LogP contribution in [0, 0.1) is 43.4 Å². The van der Waals surface area contributed by atoms with Crippen molar-refractivity contribution in [3.8, 4) is 18.2 Å². The molecule has 0 saturated heterocycles. The molecule has 1 aromatic rings. The molecule has 0 aliphatic carbocycles. The van der Waals surface area contributed by atoms with Gasteiger partial charge < -0.3 is 5.32 Å². The standard InChI is InChI=1S/C12H3F4IN4/c13-7-1-8(12(14,15)16)11(17)9(2-7)21-10(5-20)6(3-18)4-19/h1-2,21H. The normalized spacial score (nSPS) is 10.0. The van der Waals surface area contributed by atoms with Gasteiger partial charge in [0.1, 0.15) is 29.7 Å². The molecular weight excluding hydrogens is 403 g/mol.